The molecule has 1 aliphatic rings. The van der Waals surface area contributed by atoms with E-state index in [9.17, 15) is 35.4 Å². The monoisotopic (exact) mass is 706 g/mol. The molecule has 6 aromatic rings. The van der Waals surface area contributed by atoms with Gasteiger partial charge < -0.3 is 58.9 Å². The molecule has 272 valence electrons. The van der Waals surface area contributed by atoms with Crippen LogP contribution in [0.5, 0.6) is 5.75 Å². The Morgan fingerprint density at radius 1 is 1.10 bits per heavy atom. The van der Waals surface area contributed by atoms with Gasteiger partial charge in [-0.1, -0.05) is 0 Å². The number of aromatic amines is 2. The summed E-state index contributed by atoms with van der Waals surface area (Å²) >= 11 is 0. The number of benzene rings is 1. The van der Waals surface area contributed by atoms with E-state index in [-0.39, 0.29) is 25.0 Å². The molecule has 0 spiro atoms. The largest absolute Gasteiger partial charge is 0.482 e. The van der Waals surface area contributed by atoms with E-state index in [2.05, 4.69) is 9.97 Å². The number of rotatable bonds is 14. The van der Waals surface area contributed by atoms with Gasteiger partial charge in [0.1, 0.15) is 53.7 Å². The molecule has 0 amide bonds. The van der Waals surface area contributed by atoms with Crippen molar-refractivity contribution in [2.45, 2.75) is 75.3 Å². The highest BCUT2D eigenvalue weighted by Gasteiger charge is 2.48. The Labute approximate surface area is 290 Å². The lowest BCUT2D eigenvalue weighted by Gasteiger charge is -2.42. The Morgan fingerprint density at radius 3 is 2.65 bits per heavy atom. The van der Waals surface area contributed by atoms with Gasteiger partial charge in [-0.05, 0) is 51.0 Å². The second kappa shape index (κ2) is 13.6. The van der Waals surface area contributed by atoms with Gasteiger partial charge in [0.05, 0.1) is 35.1 Å². The van der Waals surface area contributed by atoms with Gasteiger partial charge in [-0.15, -0.1) is 0 Å². The average molecular weight is 707 g/mol. The first-order valence-corrected chi connectivity index (χ1v) is 16.8. The Bertz CT molecular complexity index is 2190. The highest BCUT2D eigenvalue weighted by molar-refractivity contribution is 5.91. The zero-order valence-electron chi connectivity index (χ0n) is 28.2. The quantitative estimate of drug-likeness (QED) is 0.0604. The third-order valence-electron chi connectivity index (χ3n) is 9.98. The number of hydrogen-bond acceptors (Lipinski definition) is 11. The molecule has 6 unspecified atom stereocenters. The van der Waals surface area contributed by atoms with Crippen molar-refractivity contribution in [2.75, 3.05) is 19.8 Å². The summed E-state index contributed by atoms with van der Waals surface area (Å²) in [6.45, 7) is 1.51. The van der Waals surface area contributed by atoms with Gasteiger partial charge in [-0.3, -0.25) is 4.79 Å². The minimum atomic E-state index is -2.40. The maximum Gasteiger partial charge on any atom is 0.193 e. The lowest BCUT2D eigenvalue weighted by Crippen LogP contribution is -2.61. The van der Waals surface area contributed by atoms with Crippen LogP contribution >= 0.6 is 0 Å². The van der Waals surface area contributed by atoms with Crippen molar-refractivity contribution >= 4 is 32.9 Å². The van der Waals surface area contributed by atoms with Crippen molar-refractivity contribution in [1.82, 2.24) is 19.1 Å². The summed E-state index contributed by atoms with van der Waals surface area (Å²) in [5, 5.41) is 64.8. The van der Waals surface area contributed by atoms with Gasteiger partial charge in [0.25, 0.3) is 0 Å². The zero-order chi connectivity index (χ0) is 36.1. The van der Waals surface area contributed by atoms with E-state index in [0.717, 1.165) is 16.4 Å². The van der Waals surface area contributed by atoms with Crippen LogP contribution in [0.3, 0.4) is 0 Å². The van der Waals surface area contributed by atoms with Crippen molar-refractivity contribution in [2.24, 2.45) is 0 Å². The van der Waals surface area contributed by atoms with E-state index in [0.29, 0.717) is 52.1 Å². The van der Waals surface area contributed by atoms with Crippen LogP contribution in [0.4, 0.5) is 0 Å². The molecule has 6 heterocycles. The molecule has 0 bridgehead atoms. The van der Waals surface area contributed by atoms with Crippen molar-refractivity contribution in [3.63, 3.8) is 0 Å². The Morgan fingerprint density at radius 2 is 1.88 bits per heavy atom. The molecular weight excluding hydrogens is 664 g/mol. The number of H-pyrrole nitrogens is 2. The minimum absolute atomic E-state index is 0.120. The molecule has 15 heteroatoms. The maximum absolute atomic E-state index is 13.3. The van der Waals surface area contributed by atoms with Crippen LogP contribution in [0.15, 0.2) is 70.5 Å². The number of ether oxygens (including phenoxy) is 1. The molecule has 15 nitrogen and oxygen atoms in total. The standard InChI is InChI=1S/C36H42N4O11/c1-20-12-27(43)23-13-22-14-30(35(2,7-3-11-41)50-32(22)31(33(23)49-20)40-15-21-4-8-38-25(21)16-40)51-48-18-29(45)36(47,34(46)28(44)17-42)19-39-10-6-24-26(39)5-9-37-24/h4-6,8-10,12-13,15-16,28-30,34,37-38,41-42,44-47H,3,7,11,14,17-19H2,1-2H3. The normalized spacial score (nSPS) is 20.7. The van der Waals surface area contributed by atoms with Crippen molar-refractivity contribution < 1.29 is 49.6 Å². The molecule has 7 rings (SSSR count). The molecule has 1 aromatic carbocycles. The van der Waals surface area contributed by atoms with Crippen molar-refractivity contribution in [3.8, 4) is 11.4 Å². The van der Waals surface area contributed by atoms with Crippen molar-refractivity contribution in [3.05, 3.63) is 82.9 Å². The van der Waals surface area contributed by atoms with Crippen LogP contribution < -0.4 is 10.2 Å². The fourth-order valence-corrected chi connectivity index (χ4v) is 7.07. The Kier molecular flexibility index (Phi) is 9.32. The number of aromatic nitrogens is 4. The number of fused-ring (bicyclic) bond motifs is 4. The Hall–Kier alpha value is -4.45. The van der Waals surface area contributed by atoms with Gasteiger partial charge in [-0.2, -0.15) is 0 Å². The molecule has 6 atom stereocenters. The van der Waals surface area contributed by atoms with Crippen molar-refractivity contribution in [1.29, 1.82) is 0 Å². The summed E-state index contributed by atoms with van der Waals surface area (Å²) in [4.78, 5) is 31.0. The molecule has 51 heavy (non-hydrogen) atoms. The topological polar surface area (TPSA) is 221 Å². The van der Waals surface area contributed by atoms with Gasteiger partial charge in [-0.25, -0.2) is 9.78 Å². The number of aryl methyl sites for hydroxylation is 1. The molecule has 0 saturated carbocycles. The number of nitrogens with one attached hydrogen (secondary N) is 2. The smallest absolute Gasteiger partial charge is 0.193 e. The van der Waals surface area contributed by atoms with Crippen LogP contribution in [0.2, 0.25) is 0 Å². The molecule has 0 aliphatic carbocycles. The molecule has 0 radical (unpaired) electrons. The van der Waals surface area contributed by atoms with Gasteiger partial charge in [0, 0.05) is 61.0 Å². The summed E-state index contributed by atoms with van der Waals surface area (Å²) in [7, 11) is 0. The second-order valence-corrected chi connectivity index (χ2v) is 13.6. The average Bonchev–Trinajstić information content (AvgIpc) is 3.90. The summed E-state index contributed by atoms with van der Waals surface area (Å²) in [5.41, 5.74) is 0.0694. The number of nitrogens with zero attached hydrogens (tertiary/aromatic N) is 2. The van der Waals surface area contributed by atoms with E-state index in [1.807, 2.05) is 36.1 Å². The lowest BCUT2D eigenvalue weighted by molar-refractivity contribution is -0.365. The van der Waals surface area contributed by atoms with Crippen LogP contribution in [0.25, 0.3) is 38.6 Å². The summed E-state index contributed by atoms with van der Waals surface area (Å²) in [5.74, 6) is 0.900. The van der Waals surface area contributed by atoms with E-state index < -0.39 is 48.8 Å². The summed E-state index contributed by atoms with van der Waals surface area (Å²) in [6.07, 6.45) is 3.44. The van der Waals surface area contributed by atoms with E-state index in [1.54, 1.807) is 42.1 Å². The zero-order valence-corrected chi connectivity index (χ0v) is 28.2. The molecule has 8 N–H and O–H groups in total. The first kappa shape index (κ1) is 35.0. The molecular formula is C36H42N4O11. The van der Waals surface area contributed by atoms with Gasteiger partial charge >= 0.3 is 0 Å². The first-order valence-electron chi connectivity index (χ1n) is 16.8. The third kappa shape index (κ3) is 6.25. The fraction of sp³-hybridized carbons (Fsp3) is 0.417. The van der Waals surface area contributed by atoms with Crippen LogP contribution in [0.1, 0.15) is 31.1 Å². The van der Waals surface area contributed by atoms with Crippen LogP contribution in [0, 0.1) is 6.92 Å². The number of hydrogen-bond donors (Lipinski definition) is 8. The predicted molar refractivity (Wildman–Crippen MR) is 185 cm³/mol. The number of aliphatic hydroxyl groups is 6. The lowest BCUT2D eigenvalue weighted by atomic mass is 9.85. The number of aliphatic hydroxyl groups excluding tert-OH is 5. The molecule has 5 aromatic heterocycles. The summed E-state index contributed by atoms with van der Waals surface area (Å²) in [6, 6.07) is 8.56. The highest BCUT2D eigenvalue weighted by Crippen LogP contribution is 2.44. The molecule has 1 aliphatic heterocycles. The predicted octanol–water partition coefficient (Wildman–Crippen LogP) is 1.95. The molecule has 0 saturated heterocycles. The van der Waals surface area contributed by atoms with Crippen LogP contribution in [-0.4, -0.2) is 105 Å². The maximum atomic E-state index is 13.3. The molecule has 0 fully saturated rings. The SMILES string of the molecule is Cc1cc(=O)c2cc3c(c(-n4cc5cc[nH]c5c4)c2o1)OC(C)(CCCO)C(OOCC(O)C(O)(Cn1ccc2[nH]ccc21)C(O)C(O)CO)C3. The van der Waals surface area contributed by atoms with Gasteiger partial charge in [0.2, 0.25) is 0 Å². The first-order chi connectivity index (χ1) is 24.5. The summed E-state index contributed by atoms with van der Waals surface area (Å²) < 4.78 is 16.4. The van der Waals surface area contributed by atoms with E-state index in [4.69, 9.17) is 18.9 Å². The fourth-order valence-electron chi connectivity index (χ4n) is 7.07. The van der Waals surface area contributed by atoms with E-state index in [1.165, 1.54) is 6.07 Å². The second-order valence-electron chi connectivity index (χ2n) is 13.6. The Balaban J connectivity index is 1.20. The van der Waals surface area contributed by atoms with E-state index >= 15 is 0 Å². The van der Waals surface area contributed by atoms with Crippen LogP contribution in [-0.2, 0) is 22.7 Å². The third-order valence-corrected chi connectivity index (χ3v) is 9.98. The minimum Gasteiger partial charge on any atom is -0.482 e. The highest BCUT2D eigenvalue weighted by atomic mass is 17.2. The van der Waals surface area contributed by atoms with Gasteiger partial charge in [0.15, 0.2) is 16.8 Å².